The van der Waals surface area contributed by atoms with Gasteiger partial charge in [0.15, 0.2) is 0 Å². The van der Waals surface area contributed by atoms with Crippen molar-refractivity contribution in [1.82, 2.24) is 0 Å². The highest BCUT2D eigenvalue weighted by Gasteiger charge is 2.28. The SMILES string of the molecule is CC1CCCc2ccc(NS(=O)(=O)c3ccccc3F)c(C(=O)O)c21. The Morgan fingerprint density at radius 3 is 2.64 bits per heavy atom. The lowest BCUT2D eigenvalue weighted by atomic mass is 9.80. The van der Waals surface area contributed by atoms with Crippen molar-refractivity contribution in [3.63, 3.8) is 0 Å². The van der Waals surface area contributed by atoms with Gasteiger partial charge in [-0.1, -0.05) is 25.1 Å². The normalized spacial score (nSPS) is 17.0. The van der Waals surface area contributed by atoms with E-state index in [9.17, 15) is 22.7 Å². The van der Waals surface area contributed by atoms with E-state index >= 15 is 0 Å². The molecule has 1 aliphatic rings. The Kier molecular flexibility index (Phi) is 4.51. The zero-order valence-corrected chi connectivity index (χ0v) is 14.4. The Morgan fingerprint density at radius 2 is 1.96 bits per heavy atom. The molecule has 1 aliphatic carbocycles. The predicted octanol–water partition coefficient (Wildman–Crippen LogP) is 3.76. The highest BCUT2D eigenvalue weighted by Crippen LogP contribution is 2.37. The Labute approximate surface area is 145 Å². The van der Waals surface area contributed by atoms with Gasteiger partial charge in [0, 0.05) is 0 Å². The van der Waals surface area contributed by atoms with Crippen LogP contribution in [0.3, 0.4) is 0 Å². The smallest absolute Gasteiger partial charge is 0.338 e. The standard InChI is InChI=1S/C18H18FNO4S/c1-11-5-4-6-12-9-10-14(17(16(11)12)18(21)22)20-25(23,24)15-8-3-2-7-13(15)19/h2-3,7-11,20H,4-6H2,1H3,(H,21,22). The number of aromatic carboxylic acids is 1. The molecule has 0 saturated carbocycles. The van der Waals surface area contributed by atoms with Gasteiger partial charge in [-0.3, -0.25) is 4.72 Å². The number of sulfonamides is 1. The number of carboxylic acids is 1. The number of rotatable bonds is 4. The van der Waals surface area contributed by atoms with Crippen LogP contribution >= 0.6 is 0 Å². The van der Waals surface area contributed by atoms with Crippen LogP contribution in [0.15, 0.2) is 41.3 Å². The van der Waals surface area contributed by atoms with Crippen LogP contribution in [0, 0.1) is 5.82 Å². The van der Waals surface area contributed by atoms with Crippen LogP contribution in [0.4, 0.5) is 10.1 Å². The molecule has 1 unspecified atom stereocenters. The van der Waals surface area contributed by atoms with Crippen LogP contribution in [-0.2, 0) is 16.4 Å². The molecule has 1 atom stereocenters. The first-order valence-corrected chi connectivity index (χ1v) is 9.46. The van der Waals surface area contributed by atoms with Crippen molar-refractivity contribution in [1.29, 1.82) is 0 Å². The van der Waals surface area contributed by atoms with Gasteiger partial charge in [-0.05, 0) is 54.5 Å². The zero-order chi connectivity index (χ0) is 18.2. The van der Waals surface area contributed by atoms with E-state index in [0.29, 0.717) is 5.56 Å². The highest BCUT2D eigenvalue weighted by molar-refractivity contribution is 7.92. The third-order valence-corrected chi connectivity index (χ3v) is 5.89. The molecule has 0 radical (unpaired) electrons. The molecular weight excluding hydrogens is 345 g/mol. The molecule has 2 aromatic rings. The van der Waals surface area contributed by atoms with Crippen LogP contribution in [-0.4, -0.2) is 19.5 Å². The maximum atomic E-state index is 13.8. The number of carboxylic acid groups (broad SMARTS) is 1. The fraction of sp³-hybridized carbons (Fsp3) is 0.278. The van der Waals surface area contributed by atoms with Gasteiger partial charge in [0.2, 0.25) is 0 Å². The molecular formula is C18H18FNO4S. The van der Waals surface area contributed by atoms with Crippen molar-refractivity contribution in [2.45, 2.75) is 37.0 Å². The lowest BCUT2D eigenvalue weighted by Crippen LogP contribution is -2.20. The molecule has 7 heteroatoms. The Morgan fingerprint density at radius 1 is 1.24 bits per heavy atom. The summed E-state index contributed by atoms with van der Waals surface area (Å²) in [5.41, 5.74) is 1.49. The first-order valence-electron chi connectivity index (χ1n) is 7.97. The van der Waals surface area contributed by atoms with Gasteiger partial charge in [-0.2, -0.15) is 0 Å². The second-order valence-electron chi connectivity index (χ2n) is 6.20. The van der Waals surface area contributed by atoms with Gasteiger partial charge in [-0.25, -0.2) is 17.6 Å². The van der Waals surface area contributed by atoms with E-state index in [0.717, 1.165) is 37.0 Å². The summed E-state index contributed by atoms with van der Waals surface area (Å²) in [6.45, 7) is 1.93. The minimum Gasteiger partial charge on any atom is -0.478 e. The number of benzene rings is 2. The highest BCUT2D eigenvalue weighted by atomic mass is 32.2. The number of aryl methyl sites for hydroxylation is 1. The van der Waals surface area contributed by atoms with Crippen molar-refractivity contribution in [2.75, 3.05) is 4.72 Å². The second kappa shape index (κ2) is 6.48. The number of fused-ring (bicyclic) bond motifs is 1. The van der Waals surface area contributed by atoms with Crippen LogP contribution in [0.5, 0.6) is 0 Å². The molecule has 0 bridgehead atoms. The molecule has 5 nitrogen and oxygen atoms in total. The maximum absolute atomic E-state index is 13.8. The number of nitrogens with one attached hydrogen (secondary N) is 1. The van der Waals surface area contributed by atoms with Crippen molar-refractivity contribution >= 4 is 21.7 Å². The molecule has 25 heavy (non-hydrogen) atoms. The van der Waals surface area contributed by atoms with E-state index in [1.54, 1.807) is 6.07 Å². The third kappa shape index (κ3) is 3.24. The van der Waals surface area contributed by atoms with Crippen LogP contribution in [0.2, 0.25) is 0 Å². The summed E-state index contributed by atoms with van der Waals surface area (Å²) in [7, 11) is -4.23. The average molecular weight is 363 g/mol. The van der Waals surface area contributed by atoms with Crippen molar-refractivity contribution in [3.05, 3.63) is 58.9 Å². The topological polar surface area (TPSA) is 83.5 Å². The molecule has 2 N–H and O–H groups in total. The summed E-state index contributed by atoms with van der Waals surface area (Å²) in [6.07, 6.45) is 2.57. The molecule has 0 aromatic heterocycles. The molecule has 3 rings (SSSR count). The number of halogens is 1. The minimum atomic E-state index is -4.23. The minimum absolute atomic E-state index is 0.0211. The Bertz CT molecular complexity index is 940. The maximum Gasteiger partial charge on any atom is 0.338 e. The molecule has 0 fully saturated rings. The van der Waals surface area contributed by atoms with E-state index in [-0.39, 0.29) is 17.2 Å². The number of hydrogen-bond donors (Lipinski definition) is 2. The molecule has 2 aromatic carbocycles. The van der Waals surface area contributed by atoms with E-state index in [2.05, 4.69) is 4.72 Å². The Hall–Kier alpha value is -2.41. The predicted molar refractivity (Wildman–Crippen MR) is 92.0 cm³/mol. The molecule has 0 amide bonds. The van der Waals surface area contributed by atoms with Crippen LogP contribution in [0.1, 0.15) is 47.2 Å². The molecule has 0 saturated heterocycles. The molecule has 132 valence electrons. The lowest BCUT2D eigenvalue weighted by Gasteiger charge is -2.26. The van der Waals surface area contributed by atoms with Gasteiger partial charge in [0.1, 0.15) is 10.7 Å². The first-order chi connectivity index (χ1) is 11.8. The summed E-state index contributed by atoms with van der Waals surface area (Å²) in [5.74, 6) is -2.07. The van der Waals surface area contributed by atoms with Crippen LogP contribution < -0.4 is 4.72 Å². The van der Waals surface area contributed by atoms with Gasteiger partial charge in [0.05, 0.1) is 11.3 Å². The quantitative estimate of drug-likeness (QED) is 0.866. The van der Waals surface area contributed by atoms with Crippen LogP contribution in [0.25, 0.3) is 0 Å². The first kappa shape index (κ1) is 17.4. The van der Waals surface area contributed by atoms with Crippen molar-refractivity contribution in [2.24, 2.45) is 0 Å². The van der Waals surface area contributed by atoms with Gasteiger partial charge < -0.3 is 5.11 Å². The second-order valence-corrected chi connectivity index (χ2v) is 7.85. The fourth-order valence-electron chi connectivity index (χ4n) is 3.36. The fourth-order valence-corrected chi connectivity index (χ4v) is 4.52. The Balaban J connectivity index is 2.11. The third-order valence-electron chi connectivity index (χ3n) is 4.50. The monoisotopic (exact) mass is 363 g/mol. The summed E-state index contributed by atoms with van der Waals surface area (Å²) >= 11 is 0. The summed E-state index contributed by atoms with van der Waals surface area (Å²) in [5, 5.41) is 9.65. The van der Waals surface area contributed by atoms with Gasteiger partial charge >= 0.3 is 5.97 Å². The average Bonchev–Trinajstić information content (AvgIpc) is 2.55. The summed E-state index contributed by atoms with van der Waals surface area (Å²) in [6, 6.07) is 8.17. The van der Waals surface area contributed by atoms with Crippen molar-refractivity contribution < 1.29 is 22.7 Å². The molecule has 0 aliphatic heterocycles. The van der Waals surface area contributed by atoms with E-state index in [1.165, 1.54) is 18.2 Å². The summed E-state index contributed by atoms with van der Waals surface area (Å²) in [4.78, 5) is 11.3. The van der Waals surface area contributed by atoms with Gasteiger partial charge in [-0.15, -0.1) is 0 Å². The molecule has 0 heterocycles. The number of hydrogen-bond acceptors (Lipinski definition) is 3. The van der Waals surface area contributed by atoms with Gasteiger partial charge in [0.25, 0.3) is 10.0 Å². The summed E-state index contributed by atoms with van der Waals surface area (Å²) < 4.78 is 41.1. The van der Waals surface area contributed by atoms with E-state index in [1.807, 2.05) is 6.92 Å². The largest absolute Gasteiger partial charge is 0.478 e. The number of carbonyl (C=O) groups is 1. The number of anilines is 1. The van der Waals surface area contributed by atoms with E-state index in [4.69, 9.17) is 0 Å². The molecule has 0 spiro atoms. The van der Waals surface area contributed by atoms with E-state index < -0.39 is 26.7 Å². The lowest BCUT2D eigenvalue weighted by molar-refractivity contribution is 0.0696. The zero-order valence-electron chi connectivity index (χ0n) is 13.6. The van der Waals surface area contributed by atoms with Crippen molar-refractivity contribution in [3.8, 4) is 0 Å².